The van der Waals surface area contributed by atoms with E-state index in [0.717, 1.165) is 22.8 Å². The van der Waals surface area contributed by atoms with E-state index >= 15 is 0 Å². The predicted molar refractivity (Wildman–Crippen MR) is 109 cm³/mol. The van der Waals surface area contributed by atoms with Gasteiger partial charge in [0.15, 0.2) is 11.6 Å². The first-order chi connectivity index (χ1) is 13.1. The Kier molecular flexibility index (Phi) is 8.68. The number of hydrogen-bond donors (Lipinski definition) is 0. The van der Waals surface area contributed by atoms with Crippen molar-refractivity contribution in [2.75, 3.05) is 0 Å². The van der Waals surface area contributed by atoms with Crippen LogP contribution in [0.1, 0.15) is 25.2 Å². The van der Waals surface area contributed by atoms with Crippen LogP contribution in [-0.4, -0.2) is 26.0 Å². The Morgan fingerprint density at radius 2 is 1.22 bits per heavy atom. The number of nitrogens with zero attached hydrogens (tertiary/aromatic N) is 5. The van der Waals surface area contributed by atoms with Crippen molar-refractivity contribution in [1.29, 1.82) is 0 Å². The molecule has 0 N–H and O–H groups in total. The van der Waals surface area contributed by atoms with Gasteiger partial charge in [0.05, 0.1) is 22.8 Å². The molecule has 0 aliphatic rings. The quantitative estimate of drug-likeness (QED) is 0.396. The summed E-state index contributed by atoms with van der Waals surface area (Å²) in [6.45, 7) is 3.97. The van der Waals surface area contributed by atoms with Crippen LogP contribution in [0.2, 0.25) is 0 Å². The molecular weight excluding hydrogens is 425 g/mol. The fourth-order valence-electron chi connectivity index (χ4n) is 2.54. The third-order valence-corrected chi connectivity index (χ3v) is 3.73. The maximum atomic E-state index is 4.76. The second kappa shape index (κ2) is 11.0. The van der Waals surface area contributed by atoms with Crippen molar-refractivity contribution in [3.05, 3.63) is 72.3 Å². The second-order valence-corrected chi connectivity index (χ2v) is 7.31. The number of aliphatic imine (C=N–C) groups is 2. The Morgan fingerprint density at radius 3 is 1.56 bits per heavy atom. The van der Waals surface area contributed by atoms with Crippen LogP contribution in [0.25, 0.3) is 0 Å². The minimum atomic E-state index is 0.194. The molecule has 0 amide bonds. The van der Waals surface area contributed by atoms with E-state index in [1.165, 1.54) is 0 Å². The molecule has 0 bridgehead atoms. The molecule has 27 heavy (non-hydrogen) atoms. The molecule has 8 heteroatoms. The molecule has 0 radical (unpaired) electrons. The number of rotatable bonds is 4. The molecule has 0 atom stereocenters. The summed E-state index contributed by atoms with van der Waals surface area (Å²) in [6, 6.07) is 15.5. The molecule has 0 saturated carbocycles. The van der Waals surface area contributed by atoms with Gasteiger partial charge in [-0.1, -0.05) is 12.1 Å². The molecule has 3 aromatic heterocycles. The van der Waals surface area contributed by atoms with Crippen LogP contribution in [0.4, 0.5) is 11.6 Å². The summed E-state index contributed by atoms with van der Waals surface area (Å²) in [5, 5.41) is 0. The summed E-state index contributed by atoms with van der Waals surface area (Å²) in [5.74, 6) is 1.41. The van der Waals surface area contributed by atoms with Gasteiger partial charge in [-0.2, -0.15) is 0 Å². The van der Waals surface area contributed by atoms with Crippen molar-refractivity contribution in [2.45, 2.75) is 13.8 Å². The monoisotopic (exact) mass is 443 g/mol. The molecule has 0 saturated heterocycles. The van der Waals surface area contributed by atoms with Crippen molar-refractivity contribution in [2.24, 2.45) is 17.0 Å². The SMILES string of the molecule is C/C(=N\c1ccccn1)c1ccc(/C(C)=N/c2ccccn2)n1C.[Cl][Fe][Cl]. The van der Waals surface area contributed by atoms with Gasteiger partial charge in [0.2, 0.25) is 0 Å². The molecule has 3 aromatic rings. The molecule has 0 aliphatic heterocycles. The van der Waals surface area contributed by atoms with E-state index in [1.807, 2.05) is 57.3 Å². The molecule has 0 aromatic carbocycles. The molecule has 5 nitrogen and oxygen atoms in total. The molecule has 3 rings (SSSR count). The average molecular weight is 444 g/mol. The van der Waals surface area contributed by atoms with Gasteiger partial charge >= 0.3 is 33.3 Å². The van der Waals surface area contributed by atoms with Gasteiger partial charge in [0.1, 0.15) is 0 Å². The van der Waals surface area contributed by atoms with Crippen LogP contribution in [0, 0.1) is 0 Å². The zero-order valence-electron chi connectivity index (χ0n) is 15.1. The van der Waals surface area contributed by atoms with Crippen LogP contribution in [-0.2, 0) is 20.2 Å². The second-order valence-electron chi connectivity index (χ2n) is 5.48. The van der Waals surface area contributed by atoms with Gasteiger partial charge in [0, 0.05) is 19.4 Å². The summed E-state index contributed by atoms with van der Waals surface area (Å²) in [5.41, 5.74) is 3.89. The van der Waals surface area contributed by atoms with Crippen LogP contribution < -0.4 is 0 Å². The van der Waals surface area contributed by atoms with E-state index in [1.54, 1.807) is 12.4 Å². The third-order valence-electron chi connectivity index (χ3n) is 3.73. The first-order valence-corrected chi connectivity index (χ1v) is 11.0. The van der Waals surface area contributed by atoms with Gasteiger partial charge in [-0.3, -0.25) is 0 Å². The Hall–Kier alpha value is -1.98. The molecule has 0 fully saturated rings. The van der Waals surface area contributed by atoms with E-state index in [0.29, 0.717) is 11.6 Å². The normalized spacial score (nSPS) is 11.9. The Morgan fingerprint density at radius 1 is 0.815 bits per heavy atom. The molecule has 142 valence electrons. The standard InChI is InChI=1S/C19H19N5.2ClH.Fe/c1-14(22-18-8-4-6-12-20-18)16-10-11-17(24(16)3)15(2)23-19-9-5-7-13-21-19;;;/h4-13H,1-3H3;2*1H;/q;;;+2/p-2/b22-14+,23-15+;;;. The molecule has 0 unspecified atom stereocenters. The van der Waals surface area contributed by atoms with E-state index < -0.39 is 0 Å². The van der Waals surface area contributed by atoms with Crippen molar-refractivity contribution in [3.63, 3.8) is 0 Å². The van der Waals surface area contributed by atoms with Gasteiger partial charge in [0.25, 0.3) is 0 Å². The molecule has 3 heterocycles. The van der Waals surface area contributed by atoms with Crippen LogP contribution in [0.5, 0.6) is 0 Å². The summed E-state index contributed by atoms with van der Waals surface area (Å²) in [7, 11) is 11.5. The Bertz CT molecular complexity index is 835. The minimum absolute atomic E-state index is 0.194. The maximum absolute atomic E-state index is 4.76. The molecule has 0 aliphatic carbocycles. The zero-order valence-corrected chi connectivity index (χ0v) is 17.7. The molecule has 0 spiro atoms. The summed E-state index contributed by atoms with van der Waals surface area (Å²) >= 11 is 0.194. The van der Waals surface area contributed by atoms with Crippen molar-refractivity contribution < 1.29 is 13.1 Å². The van der Waals surface area contributed by atoms with E-state index in [-0.39, 0.29) is 13.1 Å². The topological polar surface area (TPSA) is 55.4 Å². The fraction of sp³-hybridized carbons (Fsp3) is 0.158. The van der Waals surface area contributed by atoms with Crippen LogP contribution in [0.15, 0.2) is 70.9 Å². The first kappa shape index (κ1) is 21.3. The van der Waals surface area contributed by atoms with Crippen molar-refractivity contribution >= 4 is 43.3 Å². The van der Waals surface area contributed by atoms with Gasteiger partial charge in [-0.05, 0) is 50.2 Å². The number of halogens is 2. The van der Waals surface area contributed by atoms with Crippen LogP contribution >= 0.6 is 20.2 Å². The van der Waals surface area contributed by atoms with E-state index in [4.69, 9.17) is 20.2 Å². The summed E-state index contributed by atoms with van der Waals surface area (Å²) in [6.07, 6.45) is 3.48. The third kappa shape index (κ3) is 6.29. The summed E-state index contributed by atoms with van der Waals surface area (Å²) in [4.78, 5) is 17.6. The Labute approximate surface area is 173 Å². The number of pyridine rings is 2. The Balaban J connectivity index is 0.000000817. The average Bonchev–Trinajstić information content (AvgIpc) is 3.06. The van der Waals surface area contributed by atoms with Gasteiger partial charge in [-0.25, -0.2) is 20.0 Å². The van der Waals surface area contributed by atoms with E-state index in [2.05, 4.69) is 36.7 Å². The number of hydrogen-bond acceptors (Lipinski definition) is 4. The first-order valence-electron chi connectivity index (χ1n) is 8.01. The van der Waals surface area contributed by atoms with Gasteiger partial charge in [-0.15, -0.1) is 0 Å². The van der Waals surface area contributed by atoms with Gasteiger partial charge < -0.3 is 4.57 Å². The molecular formula is C19H19Cl2FeN5. The predicted octanol–water partition coefficient (Wildman–Crippen LogP) is 5.47. The zero-order chi connectivity index (χ0) is 19.6. The van der Waals surface area contributed by atoms with E-state index in [9.17, 15) is 0 Å². The van der Waals surface area contributed by atoms with Crippen LogP contribution in [0.3, 0.4) is 0 Å². The van der Waals surface area contributed by atoms with Crippen molar-refractivity contribution in [3.8, 4) is 0 Å². The summed E-state index contributed by atoms with van der Waals surface area (Å²) < 4.78 is 2.09. The fourth-order valence-corrected chi connectivity index (χ4v) is 2.54. The number of aromatic nitrogens is 3. The van der Waals surface area contributed by atoms with Crippen molar-refractivity contribution in [1.82, 2.24) is 14.5 Å².